The first-order valence-electron chi connectivity index (χ1n) is 6.85. The van der Waals surface area contributed by atoms with Crippen molar-refractivity contribution in [3.63, 3.8) is 0 Å². The summed E-state index contributed by atoms with van der Waals surface area (Å²) in [6, 6.07) is 3.46. The number of halogens is 2. The van der Waals surface area contributed by atoms with E-state index in [2.05, 4.69) is 5.32 Å². The van der Waals surface area contributed by atoms with Crippen molar-refractivity contribution in [1.82, 2.24) is 5.32 Å². The topological polar surface area (TPSA) is 30.5 Å². The highest BCUT2D eigenvalue weighted by atomic mass is 19.1. The average Bonchev–Trinajstić information content (AvgIpc) is 2.48. The van der Waals surface area contributed by atoms with Crippen molar-refractivity contribution in [2.45, 2.75) is 30.9 Å². The van der Waals surface area contributed by atoms with Crippen LogP contribution in [0.25, 0.3) is 0 Å². The molecule has 0 bridgehead atoms. The molecule has 1 fully saturated rings. The zero-order chi connectivity index (χ0) is 14.6. The van der Waals surface area contributed by atoms with Gasteiger partial charge in [0, 0.05) is 39.2 Å². The van der Waals surface area contributed by atoms with E-state index in [9.17, 15) is 8.78 Å². The van der Waals surface area contributed by atoms with Crippen LogP contribution in [0.5, 0.6) is 0 Å². The minimum atomic E-state index is -0.422. The van der Waals surface area contributed by atoms with Crippen LogP contribution in [0.1, 0.15) is 18.4 Å². The molecule has 2 rings (SSSR count). The van der Waals surface area contributed by atoms with Gasteiger partial charge in [-0.15, -0.1) is 0 Å². The summed E-state index contributed by atoms with van der Waals surface area (Å²) in [5.41, 5.74) is -0.0292. The fraction of sp³-hybridized carbons (Fsp3) is 0.600. The third kappa shape index (κ3) is 3.16. The summed E-state index contributed by atoms with van der Waals surface area (Å²) in [6.07, 6.45) is 1.87. The van der Waals surface area contributed by atoms with E-state index in [4.69, 9.17) is 9.47 Å². The molecule has 1 unspecified atom stereocenters. The molecule has 1 aliphatic heterocycles. The van der Waals surface area contributed by atoms with Gasteiger partial charge < -0.3 is 14.8 Å². The molecule has 0 amide bonds. The van der Waals surface area contributed by atoms with Crippen LogP contribution in [0, 0.1) is 11.6 Å². The third-order valence-electron chi connectivity index (χ3n) is 4.16. The Balaban J connectivity index is 2.21. The summed E-state index contributed by atoms with van der Waals surface area (Å²) in [6.45, 7) is 1.25. The second-order valence-corrected chi connectivity index (χ2v) is 5.16. The maximum absolute atomic E-state index is 13.8. The highest BCUT2D eigenvalue weighted by molar-refractivity contribution is 5.21. The van der Waals surface area contributed by atoms with Crippen LogP contribution in [0.15, 0.2) is 18.2 Å². The van der Waals surface area contributed by atoms with Crippen molar-refractivity contribution in [1.29, 1.82) is 0 Å². The van der Waals surface area contributed by atoms with Gasteiger partial charge >= 0.3 is 0 Å². The molecule has 112 valence electrons. The highest BCUT2D eigenvalue weighted by Crippen LogP contribution is 2.30. The first kappa shape index (κ1) is 15.4. The van der Waals surface area contributed by atoms with E-state index in [1.807, 2.05) is 7.05 Å². The molecule has 0 radical (unpaired) electrons. The van der Waals surface area contributed by atoms with Crippen LogP contribution >= 0.6 is 0 Å². The summed E-state index contributed by atoms with van der Waals surface area (Å²) < 4.78 is 38.2. The fourth-order valence-corrected chi connectivity index (χ4v) is 2.88. The Morgan fingerprint density at radius 3 is 2.65 bits per heavy atom. The molecule has 1 atom stereocenters. The molecule has 1 aliphatic rings. The Labute approximate surface area is 118 Å². The fourth-order valence-electron chi connectivity index (χ4n) is 2.88. The summed E-state index contributed by atoms with van der Waals surface area (Å²) in [5, 5.41) is 3.19. The Kier molecular flexibility index (Phi) is 5.07. The van der Waals surface area contributed by atoms with Gasteiger partial charge in [0.1, 0.15) is 11.6 Å². The summed E-state index contributed by atoms with van der Waals surface area (Å²) in [4.78, 5) is 0. The van der Waals surface area contributed by atoms with Gasteiger partial charge in [-0.1, -0.05) is 0 Å². The summed E-state index contributed by atoms with van der Waals surface area (Å²) in [7, 11) is 3.48. The molecular weight excluding hydrogens is 264 g/mol. The molecule has 0 spiro atoms. The number of methoxy groups -OCH3 is 1. The number of likely N-dealkylation sites (N-methyl/N-ethyl adjacent to an activating group) is 1. The number of nitrogens with one attached hydrogen (secondary N) is 1. The Morgan fingerprint density at radius 2 is 2.05 bits per heavy atom. The molecule has 20 heavy (non-hydrogen) atoms. The molecule has 5 heteroatoms. The second kappa shape index (κ2) is 6.61. The van der Waals surface area contributed by atoms with Crippen LogP contribution < -0.4 is 5.32 Å². The number of rotatable bonds is 5. The van der Waals surface area contributed by atoms with Crippen molar-refractivity contribution in [3.05, 3.63) is 35.4 Å². The molecule has 1 saturated heterocycles. The zero-order valence-electron chi connectivity index (χ0n) is 11.9. The first-order valence-corrected chi connectivity index (χ1v) is 6.85. The largest absolute Gasteiger partial charge is 0.381 e. The van der Waals surface area contributed by atoms with E-state index in [0.717, 1.165) is 18.9 Å². The van der Waals surface area contributed by atoms with Gasteiger partial charge in [-0.25, -0.2) is 8.78 Å². The number of hydrogen-bond acceptors (Lipinski definition) is 3. The van der Waals surface area contributed by atoms with Crippen molar-refractivity contribution in [2.24, 2.45) is 0 Å². The smallest absolute Gasteiger partial charge is 0.126 e. The van der Waals surface area contributed by atoms with E-state index in [0.29, 0.717) is 25.2 Å². The number of hydrogen-bond donors (Lipinski definition) is 1. The van der Waals surface area contributed by atoms with Crippen molar-refractivity contribution < 1.29 is 18.3 Å². The summed E-state index contributed by atoms with van der Waals surface area (Å²) in [5.74, 6) is -0.806. The number of ether oxygens (including phenoxy) is 2. The predicted molar refractivity (Wildman–Crippen MR) is 72.7 cm³/mol. The Bertz CT molecular complexity index is 447. The maximum Gasteiger partial charge on any atom is 0.126 e. The molecule has 3 nitrogen and oxygen atoms in total. The lowest BCUT2D eigenvalue weighted by atomic mass is 9.82. The van der Waals surface area contributed by atoms with E-state index < -0.39 is 11.4 Å². The minimum absolute atomic E-state index is 0.0901. The van der Waals surface area contributed by atoms with Crippen molar-refractivity contribution in [2.75, 3.05) is 27.4 Å². The molecule has 0 saturated carbocycles. The van der Waals surface area contributed by atoms with Crippen molar-refractivity contribution >= 4 is 0 Å². The van der Waals surface area contributed by atoms with Crippen molar-refractivity contribution in [3.8, 4) is 0 Å². The highest BCUT2D eigenvalue weighted by Gasteiger charge is 2.40. The van der Waals surface area contributed by atoms with Gasteiger partial charge in [0.05, 0.1) is 5.60 Å². The predicted octanol–water partition coefficient (Wildman–Crippen LogP) is 2.29. The van der Waals surface area contributed by atoms with Gasteiger partial charge in [0.2, 0.25) is 0 Å². The molecule has 0 aliphatic carbocycles. The summed E-state index contributed by atoms with van der Waals surface area (Å²) >= 11 is 0. The van der Waals surface area contributed by atoms with E-state index >= 15 is 0 Å². The Hall–Kier alpha value is -1.04. The van der Waals surface area contributed by atoms with Crippen LogP contribution in [-0.4, -0.2) is 39.0 Å². The van der Waals surface area contributed by atoms with Gasteiger partial charge in [-0.3, -0.25) is 0 Å². The first-order chi connectivity index (χ1) is 9.61. The lowest BCUT2D eigenvalue weighted by Gasteiger charge is -2.42. The maximum atomic E-state index is 13.8. The molecule has 1 heterocycles. The standard InChI is InChI=1S/C15H21F2NO2/c1-18-14(15(19-2)5-7-20-8-6-15)10-11-9-12(16)3-4-13(11)17/h3-4,9,14,18H,5-8,10H2,1-2H3. The zero-order valence-corrected chi connectivity index (χ0v) is 11.9. The lowest BCUT2D eigenvalue weighted by molar-refractivity contribution is -0.109. The molecule has 1 aromatic carbocycles. The van der Waals surface area contributed by atoms with E-state index in [1.165, 1.54) is 12.1 Å². The van der Waals surface area contributed by atoms with Crippen LogP contribution in [-0.2, 0) is 15.9 Å². The van der Waals surface area contributed by atoms with Gasteiger partial charge in [0.15, 0.2) is 0 Å². The monoisotopic (exact) mass is 285 g/mol. The minimum Gasteiger partial charge on any atom is -0.381 e. The average molecular weight is 285 g/mol. The molecule has 1 aromatic rings. The van der Waals surface area contributed by atoms with Crippen LogP contribution in [0.4, 0.5) is 8.78 Å². The SMILES string of the molecule is CNC(Cc1cc(F)ccc1F)C1(OC)CCOCC1. The quantitative estimate of drug-likeness (QED) is 0.900. The van der Waals surface area contributed by atoms with E-state index in [-0.39, 0.29) is 11.9 Å². The normalized spacial score (nSPS) is 19.8. The van der Waals surface area contributed by atoms with Gasteiger partial charge in [-0.2, -0.15) is 0 Å². The molecular formula is C15H21F2NO2. The lowest BCUT2D eigenvalue weighted by Crippen LogP contribution is -2.55. The second-order valence-electron chi connectivity index (χ2n) is 5.16. The van der Waals surface area contributed by atoms with Gasteiger partial charge in [-0.05, 0) is 37.2 Å². The Morgan fingerprint density at radius 1 is 1.35 bits per heavy atom. The van der Waals surface area contributed by atoms with Gasteiger partial charge in [0.25, 0.3) is 0 Å². The van der Waals surface area contributed by atoms with E-state index in [1.54, 1.807) is 7.11 Å². The number of benzene rings is 1. The molecule has 0 aromatic heterocycles. The van der Waals surface area contributed by atoms with Crippen LogP contribution in [0.3, 0.4) is 0 Å². The molecule has 1 N–H and O–H groups in total. The third-order valence-corrected chi connectivity index (χ3v) is 4.16. The van der Waals surface area contributed by atoms with Crippen LogP contribution in [0.2, 0.25) is 0 Å².